The van der Waals surface area contributed by atoms with Crippen molar-refractivity contribution in [1.82, 2.24) is 19.8 Å². The third kappa shape index (κ3) is 4.91. The third-order valence-electron chi connectivity index (χ3n) is 12.0. The largest absolute Gasteiger partial charge is 0.480 e. The highest BCUT2D eigenvalue weighted by Crippen LogP contribution is 2.48. The van der Waals surface area contributed by atoms with Crippen LogP contribution in [0.2, 0.25) is 0 Å². The van der Waals surface area contributed by atoms with E-state index in [9.17, 15) is 29.4 Å². The van der Waals surface area contributed by atoms with Gasteiger partial charge in [0.1, 0.15) is 0 Å². The van der Waals surface area contributed by atoms with Gasteiger partial charge in [-0.25, -0.2) is 9.97 Å². The van der Waals surface area contributed by atoms with Gasteiger partial charge in [0.15, 0.2) is 10.0 Å². The highest BCUT2D eigenvalue weighted by molar-refractivity contribution is 7.14. The molecule has 4 bridgehead atoms. The zero-order valence-corrected chi connectivity index (χ0v) is 29.9. The minimum Gasteiger partial charge on any atom is -0.480 e. The maximum Gasteiger partial charge on any atom is 0.317 e. The summed E-state index contributed by atoms with van der Waals surface area (Å²) < 4.78 is 0. The molecule has 52 heavy (non-hydrogen) atoms. The van der Waals surface area contributed by atoms with Crippen molar-refractivity contribution < 1.29 is 29.4 Å². The van der Waals surface area contributed by atoms with Gasteiger partial charge >= 0.3 is 11.9 Å². The fraction of sp³-hybridized carbons (Fsp3) is 0.421. The SMILES string of the molecule is O=C(O)CN1C2CCC1c1sc(C(=O)N3CCc4c(-c5cccc6c5CCN6C(=O)c5nc6c(s5)C5CCC(C6)N5CC(=O)O)cccc43)nc1C2. The molecule has 12 nitrogen and oxygen atoms in total. The summed E-state index contributed by atoms with van der Waals surface area (Å²) in [5.74, 6) is -1.88. The average molecular weight is 737 g/mol. The van der Waals surface area contributed by atoms with Crippen LogP contribution in [0.25, 0.3) is 11.1 Å². The lowest BCUT2D eigenvalue weighted by Crippen LogP contribution is -2.40. The second-order valence-electron chi connectivity index (χ2n) is 14.7. The molecule has 2 fully saturated rings. The van der Waals surface area contributed by atoms with Gasteiger partial charge in [-0.2, -0.15) is 0 Å². The molecule has 2 aromatic heterocycles. The molecule has 8 heterocycles. The summed E-state index contributed by atoms with van der Waals surface area (Å²) in [5.41, 5.74) is 8.00. The van der Waals surface area contributed by atoms with Crippen molar-refractivity contribution in [3.05, 3.63) is 78.7 Å². The predicted octanol–water partition coefficient (Wildman–Crippen LogP) is 4.96. The van der Waals surface area contributed by atoms with Crippen LogP contribution in [-0.2, 0) is 35.3 Å². The Bertz CT molecular complexity index is 2060. The summed E-state index contributed by atoms with van der Waals surface area (Å²) in [5, 5.41) is 19.9. The Balaban J connectivity index is 0.911. The van der Waals surface area contributed by atoms with Crippen LogP contribution >= 0.6 is 22.7 Å². The van der Waals surface area contributed by atoms with Gasteiger partial charge in [0.2, 0.25) is 0 Å². The molecule has 6 aliphatic heterocycles. The number of benzene rings is 2. The first kappa shape index (κ1) is 32.2. The van der Waals surface area contributed by atoms with Crippen LogP contribution in [0.3, 0.4) is 0 Å². The summed E-state index contributed by atoms with van der Waals surface area (Å²) in [6.45, 7) is 1.12. The van der Waals surface area contributed by atoms with E-state index in [2.05, 4.69) is 21.9 Å². The van der Waals surface area contributed by atoms with Crippen molar-refractivity contribution in [2.45, 2.75) is 75.5 Å². The third-order valence-corrected chi connectivity index (χ3v) is 14.4. The monoisotopic (exact) mass is 736 g/mol. The van der Waals surface area contributed by atoms with Crippen LogP contribution in [0.1, 0.15) is 89.6 Å². The Hall–Kier alpha value is -4.50. The number of fused-ring (bicyclic) bond motifs is 10. The Morgan fingerprint density at radius 1 is 0.654 bits per heavy atom. The number of aromatic nitrogens is 2. The number of thiazole rings is 2. The molecule has 0 spiro atoms. The van der Waals surface area contributed by atoms with Gasteiger partial charge in [-0.15, -0.1) is 22.7 Å². The van der Waals surface area contributed by atoms with Crippen molar-refractivity contribution in [2.75, 3.05) is 36.0 Å². The summed E-state index contributed by atoms with van der Waals surface area (Å²) >= 11 is 2.85. The summed E-state index contributed by atoms with van der Waals surface area (Å²) in [6, 6.07) is 12.5. The number of carboxylic acid groups (broad SMARTS) is 2. The average Bonchev–Trinajstić information content (AvgIpc) is 3.98. The Morgan fingerprint density at radius 3 is 1.52 bits per heavy atom. The van der Waals surface area contributed by atoms with Crippen molar-refractivity contribution >= 4 is 57.8 Å². The van der Waals surface area contributed by atoms with Crippen LogP contribution in [-0.4, -0.2) is 92.0 Å². The molecule has 2 amide bonds. The molecule has 6 aliphatic rings. The number of carbonyl (C=O) groups is 4. The smallest absolute Gasteiger partial charge is 0.317 e. The van der Waals surface area contributed by atoms with Gasteiger partial charge in [0, 0.05) is 71.2 Å². The molecule has 4 aromatic rings. The molecule has 14 heteroatoms. The van der Waals surface area contributed by atoms with Crippen molar-refractivity contribution in [3.63, 3.8) is 0 Å². The second kappa shape index (κ2) is 12.0. The second-order valence-corrected chi connectivity index (χ2v) is 16.8. The van der Waals surface area contributed by atoms with E-state index in [4.69, 9.17) is 9.97 Å². The maximum atomic E-state index is 14.0. The standard InChI is InChI=1S/C38H36N6O6S2/c45-31(46)17-43-19-7-9-29(43)33-25(15-19)39-35(51-33)37(49)41-13-11-23-21(3-1-5-27(23)41)22-4-2-6-28-24(22)12-14-42(28)38(50)36-40-26-16-20-8-10-30(34(26)52-36)44(20)18-32(47)48/h1-6,19-20,29-30H,7-18H2,(H,45,46)(H,47,48). The zero-order chi connectivity index (χ0) is 35.4. The molecular formula is C38H36N6O6S2. The Morgan fingerprint density at radius 2 is 1.10 bits per heavy atom. The van der Waals surface area contributed by atoms with E-state index in [1.54, 1.807) is 0 Å². The van der Waals surface area contributed by atoms with Gasteiger partial charge in [0.05, 0.1) is 24.5 Å². The lowest BCUT2D eigenvalue weighted by Gasteiger charge is -2.32. The number of nitrogens with zero attached hydrogens (tertiary/aromatic N) is 6. The fourth-order valence-corrected chi connectivity index (χ4v) is 12.3. The van der Waals surface area contributed by atoms with Crippen LogP contribution in [0.4, 0.5) is 11.4 Å². The van der Waals surface area contributed by atoms with E-state index >= 15 is 0 Å². The molecule has 0 radical (unpaired) electrons. The summed E-state index contributed by atoms with van der Waals surface area (Å²) in [6.07, 6.45) is 6.45. The number of hydrogen-bond donors (Lipinski definition) is 2. The number of hydrogen-bond acceptors (Lipinski definition) is 10. The van der Waals surface area contributed by atoms with E-state index in [0.29, 0.717) is 48.8 Å². The number of carboxylic acids is 2. The van der Waals surface area contributed by atoms with Crippen LogP contribution in [0.5, 0.6) is 0 Å². The number of carbonyl (C=O) groups excluding carboxylic acids is 2. The minimum atomic E-state index is -0.828. The summed E-state index contributed by atoms with van der Waals surface area (Å²) in [4.78, 5) is 70.7. The van der Waals surface area contributed by atoms with Gasteiger partial charge < -0.3 is 20.0 Å². The molecule has 4 atom stereocenters. The van der Waals surface area contributed by atoms with Crippen LogP contribution < -0.4 is 9.80 Å². The molecule has 2 N–H and O–H groups in total. The molecule has 0 aliphatic carbocycles. The zero-order valence-electron chi connectivity index (χ0n) is 28.3. The molecule has 4 unspecified atom stereocenters. The van der Waals surface area contributed by atoms with Gasteiger partial charge in [0.25, 0.3) is 11.8 Å². The first-order valence-corrected chi connectivity index (χ1v) is 19.7. The van der Waals surface area contributed by atoms with E-state index in [-0.39, 0.29) is 49.1 Å². The minimum absolute atomic E-state index is 0.00988. The maximum absolute atomic E-state index is 14.0. The van der Waals surface area contributed by atoms with Gasteiger partial charge in [-0.05, 0) is 72.9 Å². The Kier molecular flexibility index (Phi) is 7.44. The fourth-order valence-electron chi connectivity index (χ4n) is 9.86. The van der Waals surface area contributed by atoms with Crippen molar-refractivity contribution in [1.29, 1.82) is 0 Å². The van der Waals surface area contributed by atoms with E-state index < -0.39 is 11.9 Å². The quantitative estimate of drug-likeness (QED) is 0.267. The van der Waals surface area contributed by atoms with Crippen LogP contribution in [0, 0.1) is 0 Å². The lowest BCUT2D eigenvalue weighted by molar-refractivity contribution is -0.140. The topological polar surface area (TPSA) is 147 Å². The number of aliphatic carboxylic acids is 2. The predicted molar refractivity (Wildman–Crippen MR) is 194 cm³/mol. The van der Waals surface area contributed by atoms with E-state index in [1.807, 2.05) is 34.1 Å². The van der Waals surface area contributed by atoms with Gasteiger partial charge in [-0.1, -0.05) is 24.3 Å². The Labute approximate surface area is 307 Å². The highest BCUT2D eigenvalue weighted by atomic mass is 32.1. The van der Waals surface area contributed by atoms with E-state index in [1.165, 1.54) is 22.7 Å². The molecule has 0 saturated carbocycles. The highest BCUT2D eigenvalue weighted by Gasteiger charge is 2.45. The molecular weight excluding hydrogens is 701 g/mol. The molecule has 266 valence electrons. The molecule has 2 aromatic carbocycles. The number of rotatable bonds is 7. The van der Waals surface area contributed by atoms with Crippen molar-refractivity contribution in [2.24, 2.45) is 0 Å². The lowest BCUT2D eigenvalue weighted by atomic mass is 9.93. The first-order chi connectivity index (χ1) is 25.2. The van der Waals surface area contributed by atoms with Gasteiger partial charge in [-0.3, -0.25) is 29.0 Å². The summed E-state index contributed by atoms with van der Waals surface area (Å²) in [7, 11) is 0. The number of anilines is 2. The van der Waals surface area contributed by atoms with Crippen molar-refractivity contribution in [3.8, 4) is 11.1 Å². The first-order valence-electron chi connectivity index (χ1n) is 18.1. The molecule has 2 saturated heterocycles. The number of amides is 2. The molecule has 10 rings (SSSR count). The van der Waals surface area contributed by atoms with Crippen LogP contribution in [0.15, 0.2) is 36.4 Å². The van der Waals surface area contributed by atoms with E-state index in [0.717, 1.165) is 80.5 Å². The normalized spacial score (nSPS) is 24.2.